The van der Waals surface area contributed by atoms with Crippen LogP contribution in [0.2, 0.25) is 0 Å². The molecular formula is C12H17N3O3. The van der Waals surface area contributed by atoms with Crippen LogP contribution in [0.25, 0.3) is 0 Å². The number of carbonyl (C=O) groups is 2. The summed E-state index contributed by atoms with van der Waals surface area (Å²) in [6.07, 6.45) is 1.52. The Bertz CT molecular complexity index is 455. The Balaban J connectivity index is 2.06. The lowest BCUT2D eigenvalue weighted by atomic mass is 9.97. The molecule has 0 radical (unpaired) electrons. The van der Waals surface area contributed by atoms with Gasteiger partial charge >= 0.3 is 0 Å². The van der Waals surface area contributed by atoms with Crippen LogP contribution in [0.3, 0.4) is 0 Å². The number of piperidine rings is 1. The molecule has 4 N–H and O–H groups in total. The van der Waals surface area contributed by atoms with Gasteiger partial charge in [-0.15, -0.1) is 0 Å². The number of furan rings is 1. The molecule has 2 heterocycles. The molecule has 6 heteroatoms. The molecule has 0 saturated carbocycles. The predicted octanol–water partition coefficient (Wildman–Crippen LogP) is 0.0758. The summed E-state index contributed by atoms with van der Waals surface area (Å²) in [5.41, 5.74) is 10.7. The lowest BCUT2D eigenvalue weighted by molar-refractivity contribution is -0.123. The van der Waals surface area contributed by atoms with E-state index in [1.807, 2.05) is 0 Å². The second kappa shape index (κ2) is 5.22. The fourth-order valence-corrected chi connectivity index (χ4v) is 2.15. The molecule has 1 aromatic heterocycles. The van der Waals surface area contributed by atoms with E-state index in [1.54, 1.807) is 17.0 Å². The monoisotopic (exact) mass is 251 g/mol. The highest BCUT2D eigenvalue weighted by atomic mass is 16.4. The van der Waals surface area contributed by atoms with Crippen molar-refractivity contribution in [3.05, 3.63) is 23.7 Å². The number of hydrogen-bond donors (Lipinski definition) is 2. The van der Waals surface area contributed by atoms with Gasteiger partial charge in [-0.1, -0.05) is 0 Å². The third kappa shape index (κ3) is 2.53. The van der Waals surface area contributed by atoms with E-state index in [0.717, 1.165) is 12.8 Å². The maximum absolute atomic E-state index is 12.1. The van der Waals surface area contributed by atoms with Crippen molar-refractivity contribution in [1.82, 2.24) is 4.90 Å². The van der Waals surface area contributed by atoms with Gasteiger partial charge in [0, 0.05) is 13.1 Å². The van der Waals surface area contributed by atoms with E-state index in [1.165, 1.54) is 0 Å². The minimum Gasteiger partial charge on any atom is -0.455 e. The quantitative estimate of drug-likeness (QED) is 0.793. The summed E-state index contributed by atoms with van der Waals surface area (Å²) in [6, 6.07) is 3.29. The van der Waals surface area contributed by atoms with Crippen molar-refractivity contribution in [1.29, 1.82) is 0 Å². The Morgan fingerprint density at radius 2 is 2.22 bits per heavy atom. The number of rotatable bonds is 3. The van der Waals surface area contributed by atoms with Gasteiger partial charge in [0.2, 0.25) is 5.91 Å². The van der Waals surface area contributed by atoms with Gasteiger partial charge in [-0.3, -0.25) is 9.59 Å². The van der Waals surface area contributed by atoms with E-state index in [4.69, 9.17) is 15.9 Å². The van der Waals surface area contributed by atoms with Crippen molar-refractivity contribution < 1.29 is 14.0 Å². The maximum atomic E-state index is 12.1. The smallest absolute Gasteiger partial charge is 0.289 e. The van der Waals surface area contributed by atoms with Crippen molar-refractivity contribution in [2.45, 2.75) is 19.4 Å². The van der Waals surface area contributed by atoms with E-state index in [2.05, 4.69) is 0 Å². The summed E-state index contributed by atoms with van der Waals surface area (Å²) < 4.78 is 5.31. The molecule has 6 nitrogen and oxygen atoms in total. The summed E-state index contributed by atoms with van der Waals surface area (Å²) in [6.45, 7) is 1.26. The van der Waals surface area contributed by atoms with Crippen molar-refractivity contribution in [3.63, 3.8) is 0 Å². The van der Waals surface area contributed by atoms with Crippen LogP contribution in [0.5, 0.6) is 0 Å². The van der Waals surface area contributed by atoms with E-state index in [-0.39, 0.29) is 30.0 Å². The molecule has 0 spiro atoms. The molecule has 1 aliphatic rings. The first kappa shape index (κ1) is 12.6. The Hall–Kier alpha value is -1.82. The summed E-state index contributed by atoms with van der Waals surface area (Å²) in [5.74, 6) is 0.0178. The maximum Gasteiger partial charge on any atom is 0.289 e. The predicted molar refractivity (Wildman–Crippen MR) is 64.4 cm³/mol. The van der Waals surface area contributed by atoms with Crippen LogP contribution in [0.4, 0.5) is 0 Å². The molecule has 1 aromatic rings. The van der Waals surface area contributed by atoms with Crippen LogP contribution in [-0.4, -0.2) is 29.8 Å². The van der Waals surface area contributed by atoms with Crippen molar-refractivity contribution >= 4 is 11.8 Å². The standard InChI is InChI=1S/C12H17N3O3/c13-6-9-3-4-10(18-9)12(17)15-5-1-2-8(7-15)11(14)16/h3-4,8H,1-2,5-7,13H2,(H2,14,16). The zero-order valence-corrected chi connectivity index (χ0v) is 10.1. The van der Waals surface area contributed by atoms with Gasteiger partial charge in [0.05, 0.1) is 12.5 Å². The Morgan fingerprint density at radius 3 is 2.83 bits per heavy atom. The molecule has 1 saturated heterocycles. The first-order chi connectivity index (χ1) is 8.61. The van der Waals surface area contributed by atoms with Crippen LogP contribution >= 0.6 is 0 Å². The molecule has 1 atom stereocenters. The minimum absolute atomic E-state index is 0.208. The third-order valence-electron chi connectivity index (χ3n) is 3.18. The van der Waals surface area contributed by atoms with Crippen LogP contribution in [0.15, 0.2) is 16.5 Å². The second-order valence-electron chi connectivity index (χ2n) is 4.46. The van der Waals surface area contributed by atoms with Gasteiger partial charge in [-0.25, -0.2) is 0 Å². The molecule has 1 fully saturated rings. The van der Waals surface area contributed by atoms with Gasteiger partial charge < -0.3 is 20.8 Å². The zero-order chi connectivity index (χ0) is 13.1. The lowest BCUT2D eigenvalue weighted by Gasteiger charge is -2.30. The van der Waals surface area contributed by atoms with Gasteiger partial charge in [0.1, 0.15) is 5.76 Å². The van der Waals surface area contributed by atoms with Gasteiger partial charge in [-0.05, 0) is 25.0 Å². The van der Waals surface area contributed by atoms with Gasteiger partial charge in [0.15, 0.2) is 5.76 Å². The van der Waals surface area contributed by atoms with E-state index < -0.39 is 0 Å². The Kier molecular flexibility index (Phi) is 3.66. The van der Waals surface area contributed by atoms with E-state index >= 15 is 0 Å². The van der Waals surface area contributed by atoms with E-state index in [0.29, 0.717) is 18.8 Å². The number of likely N-dealkylation sites (tertiary alicyclic amines) is 1. The normalized spacial score (nSPS) is 19.8. The molecule has 1 unspecified atom stereocenters. The molecule has 18 heavy (non-hydrogen) atoms. The highest BCUT2D eigenvalue weighted by Gasteiger charge is 2.28. The molecule has 0 aromatic carbocycles. The molecule has 2 rings (SSSR count). The van der Waals surface area contributed by atoms with Gasteiger partial charge in [0.25, 0.3) is 5.91 Å². The van der Waals surface area contributed by atoms with Crippen molar-refractivity contribution in [2.24, 2.45) is 17.4 Å². The molecule has 0 aliphatic carbocycles. The Morgan fingerprint density at radius 1 is 1.44 bits per heavy atom. The second-order valence-corrected chi connectivity index (χ2v) is 4.46. The first-order valence-corrected chi connectivity index (χ1v) is 5.99. The molecular weight excluding hydrogens is 234 g/mol. The average Bonchev–Trinajstić information content (AvgIpc) is 2.86. The highest BCUT2D eigenvalue weighted by Crippen LogP contribution is 2.19. The first-order valence-electron chi connectivity index (χ1n) is 5.99. The van der Waals surface area contributed by atoms with Crippen LogP contribution < -0.4 is 11.5 Å². The summed E-state index contributed by atoms with van der Waals surface area (Å²) in [4.78, 5) is 24.9. The number of carbonyl (C=O) groups excluding carboxylic acids is 2. The lowest BCUT2D eigenvalue weighted by Crippen LogP contribution is -2.44. The zero-order valence-electron chi connectivity index (χ0n) is 10.1. The van der Waals surface area contributed by atoms with Crippen LogP contribution in [-0.2, 0) is 11.3 Å². The minimum atomic E-state index is -0.352. The highest BCUT2D eigenvalue weighted by molar-refractivity contribution is 5.92. The average molecular weight is 251 g/mol. The summed E-state index contributed by atoms with van der Waals surface area (Å²) in [5, 5.41) is 0. The molecule has 2 amide bonds. The van der Waals surface area contributed by atoms with Crippen molar-refractivity contribution in [3.8, 4) is 0 Å². The number of nitrogens with zero attached hydrogens (tertiary/aromatic N) is 1. The largest absolute Gasteiger partial charge is 0.455 e. The topological polar surface area (TPSA) is 103 Å². The molecule has 0 bridgehead atoms. The number of primary amides is 1. The third-order valence-corrected chi connectivity index (χ3v) is 3.18. The van der Waals surface area contributed by atoms with Crippen LogP contribution in [0, 0.1) is 5.92 Å². The molecule has 98 valence electrons. The summed E-state index contributed by atoms with van der Waals surface area (Å²) >= 11 is 0. The number of amides is 2. The number of hydrogen-bond acceptors (Lipinski definition) is 4. The number of nitrogens with two attached hydrogens (primary N) is 2. The fraction of sp³-hybridized carbons (Fsp3) is 0.500. The van der Waals surface area contributed by atoms with Crippen LogP contribution in [0.1, 0.15) is 29.2 Å². The molecule has 1 aliphatic heterocycles. The van der Waals surface area contributed by atoms with Crippen molar-refractivity contribution in [2.75, 3.05) is 13.1 Å². The summed E-state index contributed by atoms with van der Waals surface area (Å²) in [7, 11) is 0. The fourth-order valence-electron chi connectivity index (χ4n) is 2.15. The van der Waals surface area contributed by atoms with E-state index in [9.17, 15) is 9.59 Å². The Labute approximate surface area is 105 Å². The van der Waals surface area contributed by atoms with Gasteiger partial charge in [-0.2, -0.15) is 0 Å². The SMILES string of the molecule is NCc1ccc(C(=O)N2CCCC(C(N)=O)C2)o1.